The van der Waals surface area contributed by atoms with Crippen LogP contribution in [0.25, 0.3) is 11.2 Å². The Balaban J connectivity index is 1.03. The molecule has 4 heterocycles. The van der Waals surface area contributed by atoms with Gasteiger partial charge in [-0.1, -0.05) is 6.42 Å². The first-order chi connectivity index (χ1) is 18.5. The molecule has 204 valence electrons. The maximum atomic E-state index is 13.2. The first kappa shape index (κ1) is 23.5. The molecule has 5 saturated carbocycles. The Bertz CT molecular complexity index is 1210. The van der Waals surface area contributed by atoms with Crippen molar-refractivity contribution < 1.29 is 24.1 Å². The SMILES string of the molecule is O=C(Nc1ncnc2c1ncn2[C@@H]1O[C@H](CO)C2OC3(CCCCC3)OC21)NC12CC3CC(CC(C3)C1)C2. The van der Waals surface area contributed by atoms with Gasteiger partial charge in [-0.3, -0.25) is 9.88 Å². The van der Waals surface area contributed by atoms with Crippen LogP contribution in [0.1, 0.15) is 76.9 Å². The molecule has 0 radical (unpaired) electrons. The number of imidazole rings is 1. The number of hydrogen-bond donors (Lipinski definition) is 3. The van der Waals surface area contributed by atoms with Crippen molar-refractivity contribution in [2.75, 3.05) is 11.9 Å². The standard InChI is InChI=1S/C27H36N6O5/c34-12-18-20-21(38-27(37-20)4-2-1-3-5-27)24(36-18)33-14-30-19-22(28-13-29-23(19)33)31-25(35)32-26-9-15-6-16(10-26)8-17(7-15)11-26/h13-18,20-21,24,34H,1-12H2,(H2,28,29,31,32,35)/t15?,16?,17?,18-,20?,21?,24-,26?/m1/s1. The zero-order chi connectivity index (χ0) is 25.5. The highest BCUT2D eigenvalue weighted by Crippen LogP contribution is 2.55. The second-order valence-electron chi connectivity index (χ2n) is 12.7. The topological polar surface area (TPSA) is 133 Å². The molecule has 7 fully saturated rings. The largest absolute Gasteiger partial charge is 0.394 e. The van der Waals surface area contributed by atoms with Gasteiger partial charge in [0.1, 0.15) is 24.6 Å². The van der Waals surface area contributed by atoms with Crippen LogP contribution in [0, 0.1) is 17.8 Å². The number of amides is 2. The summed E-state index contributed by atoms with van der Waals surface area (Å²) in [6.07, 6.45) is 13.5. The number of carbonyl (C=O) groups is 1. The second-order valence-corrected chi connectivity index (χ2v) is 12.7. The third-order valence-electron chi connectivity index (χ3n) is 10.1. The molecule has 2 amide bonds. The lowest BCUT2D eigenvalue weighted by atomic mass is 9.53. The van der Waals surface area contributed by atoms with Gasteiger partial charge in [0.25, 0.3) is 0 Å². The maximum absolute atomic E-state index is 13.2. The minimum atomic E-state index is -0.601. The van der Waals surface area contributed by atoms with Gasteiger partial charge in [-0.05, 0) is 69.1 Å². The van der Waals surface area contributed by atoms with Crippen molar-refractivity contribution in [3.05, 3.63) is 12.7 Å². The Morgan fingerprint density at radius 1 is 1.00 bits per heavy atom. The fraction of sp³-hybridized carbons (Fsp3) is 0.778. The number of ether oxygens (including phenoxy) is 3. The quantitative estimate of drug-likeness (QED) is 0.555. The Labute approximate surface area is 221 Å². The highest BCUT2D eigenvalue weighted by atomic mass is 16.8. The van der Waals surface area contributed by atoms with Gasteiger partial charge in [0, 0.05) is 18.4 Å². The van der Waals surface area contributed by atoms with Crippen LogP contribution >= 0.6 is 0 Å². The third-order valence-corrected chi connectivity index (χ3v) is 10.1. The molecule has 2 aliphatic heterocycles. The highest BCUT2D eigenvalue weighted by Gasteiger charge is 2.59. The zero-order valence-electron chi connectivity index (χ0n) is 21.6. The molecule has 2 unspecified atom stereocenters. The number of aromatic nitrogens is 4. The van der Waals surface area contributed by atoms with Gasteiger partial charge in [-0.25, -0.2) is 19.7 Å². The van der Waals surface area contributed by atoms with E-state index in [0.717, 1.165) is 62.7 Å². The van der Waals surface area contributed by atoms with Gasteiger partial charge in [-0.15, -0.1) is 0 Å². The van der Waals surface area contributed by atoms with Gasteiger partial charge in [0.2, 0.25) is 0 Å². The minimum absolute atomic E-state index is 0.0920. The third kappa shape index (κ3) is 3.69. The van der Waals surface area contributed by atoms with Crippen LogP contribution < -0.4 is 10.6 Å². The van der Waals surface area contributed by atoms with E-state index in [9.17, 15) is 9.90 Å². The van der Waals surface area contributed by atoms with E-state index >= 15 is 0 Å². The van der Waals surface area contributed by atoms with Crippen molar-refractivity contribution in [2.24, 2.45) is 17.8 Å². The van der Waals surface area contributed by atoms with E-state index in [0.29, 0.717) is 17.0 Å². The monoisotopic (exact) mass is 524 g/mol. The molecule has 11 nitrogen and oxygen atoms in total. The van der Waals surface area contributed by atoms with Crippen LogP contribution in [-0.2, 0) is 14.2 Å². The molecule has 9 rings (SSSR count). The summed E-state index contributed by atoms with van der Waals surface area (Å²) in [7, 11) is 0. The number of aliphatic hydroxyl groups is 1. The van der Waals surface area contributed by atoms with Crippen molar-refractivity contribution in [1.82, 2.24) is 24.8 Å². The zero-order valence-corrected chi connectivity index (χ0v) is 21.6. The number of rotatable bonds is 4. The number of nitrogens with one attached hydrogen (secondary N) is 2. The van der Waals surface area contributed by atoms with Gasteiger partial charge in [-0.2, -0.15) is 0 Å². The van der Waals surface area contributed by atoms with Gasteiger partial charge >= 0.3 is 6.03 Å². The lowest BCUT2D eigenvalue weighted by Crippen LogP contribution is -2.60. The number of aliphatic hydroxyl groups excluding tert-OH is 1. The predicted molar refractivity (Wildman–Crippen MR) is 135 cm³/mol. The van der Waals surface area contributed by atoms with E-state index in [-0.39, 0.29) is 30.4 Å². The minimum Gasteiger partial charge on any atom is -0.394 e. The molecular weight excluding hydrogens is 488 g/mol. The van der Waals surface area contributed by atoms with Gasteiger partial charge in [0.05, 0.1) is 12.9 Å². The summed E-state index contributed by atoms with van der Waals surface area (Å²) >= 11 is 0. The lowest BCUT2D eigenvalue weighted by Gasteiger charge is -2.56. The van der Waals surface area contributed by atoms with Crippen LogP contribution in [0.4, 0.5) is 10.6 Å². The fourth-order valence-corrected chi connectivity index (χ4v) is 8.97. The molecule has 0 aromatic carbocycles. The number of anilines is 1. The normalized spacial score (nSPS) is 40.6. The Kier molecular flexibility index (Phi) is 5.31. The first-order valence-corrected chi connectivity index (χ1v) is 14.4. The summed E-state index contributed by atoms with van der Waals surface area (Å²) < 4.78 is 21.0. The summed E-state index contributed by atoms with van der Waals surface area (Å²) in [5.74, 6) is 2.01. The molecule has 5 aliphatic carbocycles. The molecule has 2 saturated heterocycles. The molecule has 3 N–H and O–H groups in total. The van der Waals surface area contributed by atoms with E-state index in [1.54, 1.807) is 6.33 Å². The summed E-state index contributed by atoms with van der Waals surface area (Å²) in [6, 6.07) is -0.231. The van der Waals surface area contributed by atoms with E-state index < -0.39 is 18.1 Å². The summed E-state index contributed by atoms with van der Waals surface area (Å²) in [6.45, 7) is -0.157. The van der Waals surface area contributed by atoms with Crippen LogP contribution in [0.5, 0.6) is 0 Å². The lowest BCUT2D eigenvalue weighted by molar-refractivity contribution is -0.232. The van der Waals surface area contributed by atoms with Crippen LogP contribution in [0.2, 0.25) is 0 Å². The van der Waals surface area contributed by atoms with E-state index in [4.69, 9.17) is 14.2 Å². The number of nitrogens with zero attached hydrogens (tertiary/aromatic N) is 4. The summed E-state index contributed by atoms with van der Waals surface area (Å²) in [5.41, 5.74) is 0.943. The molecule has 11 heteroatoms. The van der Waals surface area contributed by atoms with Crippen LogP contribution in [0.15, 0.2) is 12.7 Å². The molecule has 7 aliphatic rings. The number of carbonyl (C=O) groups excluding carboxylic acids is 1. The summed E-state index contributed by atoms with van der Waals surface area (Å²) in [4.78, 5) is 26.6. The maximum Gasteiger partial charge on any atom is 0.320 e. The van der Waals surface area contributed by atoms with E-state index in [1.165, 1.54) is 32.0 Å². The number of urea groups is 1. The van der Waals surface area contributed by atoms with Crippen molar-refractivity contribution in [3.63, 3.8) is 0 Å². The summed E-state index contributed by atoms with van der Waals surface area (Å²) in [5, 5.41) is 16.3. The van der Waals surface area contributed by atoms with Gasteiger partial charge in [0.15, 0.2) is 29.0 Å². The van der Waals surface area contributed by atoms with Crippen molar-refractivity contribution in [1.29, 1.82) is 0 Å². The Hall–Kier alpha value is -2.34. The second kappa shape index (κ2) is 8.58. The molecular formula is C27H36N6O5. The molecule has 1 spiro atoms. The van der Waals surface area contributed by atoms with Crippen LogP contribution in [-0.4, -0.2) is 66.9 Å². The van der Waals surface area contributed by atoms with Gasteiger partial charge < -0.3 is 24.6 Å². The van der Waals surface area contributed by atoms with Crippen molar-refractivity contribution >= 4 is 23.0 Å². The smallest absolute Gasteiger partial charge is 0.320 e. The molecule has 2 aromatic rings. The average molecular weight is 525 g/mol. The molecule has 38 heavy (non-hydrogen) atoms. The Morgan fingerprint density at radius 3 is 2.42 bits per heavy atom. The number of fused-ring (bicyclic) bond motifs is 2. The predicted octanol–water partition coefficient (Wildman–Crippen LogP) is 3.25. The van der Waals surface area contributed by atoms with Crippen molar-refractivity contribution in [2.45, 2.75) is 106 Å². The molecule has 4 atom stereocenters. The first-order valence-electron chi connectivity index (χ1n) is 14.4. The molecule has 4 bridgehead atoms. The highest BCUT2D eigenvalue weighted by molar-refractivity contribution is 5.96. The number of hydrogen-bond acceptors (Lipinski definition) is 8. The van der Waals surface area contributed by atoms with Crippen LogP contribution in [0.3, 0.4) is 0 Å². The average Bonchev–Trinajstić information content (AvgIpc) is 3.55. The van der Waals surface area contributed by atoms with E-state index in [1.807, 2.05) is 4.57 Å². The fourth-order valence-electron chi connectivity index (χ4n) is 8.97. The van der Waals surface area contributed by atoms with Crippen molar-refractivity contribution in [3.8, 4) is 0 Å². The molecule has 2 aromatic heterocycles. The Morgan fingerprint density at radius 2 is 1.71 bits per heavy atom. The van der Waals surface area contributed by atoms with E-state index in [2.05, 4.69) is 25.6 Å².